The van der Waals surface area contributed by atoms with Crippen molar-refractivity contribution in [3.05, 3.63) is 71.0 Å². The van der Waals surface area contributed by atoms with Crippen LogP contribution in [-0.4, -0.2) is 36.5 Å². The van der Waals surface area contributed by atoms with Crippen molar-refractivity contribution >= 4 is 5.91 Å². The minimum absolute atomic E-state index is 0.140. The van der Waals surface area contributed by atoms with E-state index in [-0.39, 0.29) is 17.8 Å². The Morgan fingerprint density at radius 1 is 1.03 bits per heavy atom. The van der Waals surface area contributed by atoms with Crippen LogP contribution < -0.4 is 5.32 Å². The first kappa shape index (κ1) is 20.1. The molecule has 1 amide bonds. The lowest BCUT2D eigenvalue weighted by molar-refractivity contribution is -0.121. The highest BCUT2D eigenvalue weighted by molar-refractivity contribution is 5.79. The summed E-state index contributed by atoms with van der Waals surface area (Å²) in [6.45, 7) is 2.85. The maximum absolute atomic E-state index is 13.0. The van der Waals surface area contributed by atoms with Crippen molar-refractivity contribution in [3.63, 3.8) is 0 Å². The van der Waals surface area contributed by atoms with Crippen molar-refractivity contribution in [3.8, 4) is 0 Å². The molecule has 1 heterocycles. The second kappa shape index (κ2) is 9.53. The molecule has 29 heavy (non-hydrogen) atoms. The average molecular weight is 395 g/mol. The van der Waals surface area contributed by atoms with Gasteiger partial charge >= 0.3 is 0 Å². The lowest BCUT2D eigenvalue weighted by Gasteiger charge is -2.18. The highest BCUT2D eigenvalue weighted by atomic mass is 19.1. The Kier molecular flexibility index (Phi) is 6.60. The summed E-state index contributed by atoms with van der Waals surface area (Å²) in [7, 11) is 0. The first-order valence-corrected chi connectivity index (χ1v) is 11.0. The molecule has 0 spiro atoms. The molecule has 1 aliphatic heterocycles. The van der Waals surface area contributed by atoms with Gasteiger partial charge in [0.05, 0.1) is 6.42 Å². The molecule has 0 radical (unpaired) electrons. The fraction of sp³-hybridized carbons (Fsp3) is 0.480. The molecule has 0 unspecified atom stereocenters. The number of likely N-dealkylation sites (tertiary alicyclic amines) is 1. The molecule has 1 saturated heterocycles. The van der Waals surface area contributed by atoms with Crippen LogP contribution in [0.5, 0.6) is 0 Å². The van der Waals surface area contributed by atoms with Gasteiger partial charge in [0.1, 0.15) is 5.82 Å². The molecule has 1 saturated carbocycles. The largest absolute Gasteiger partial charge is 0.352 e. The van der Waals surface area contributed by atoms with Crippen LogP contribution >= 0.6 is 0 Å². The number of rotatable bonds is 7. The molecule has 2 aromatic rings. The lowest BCUT2D eigenvalue weighted by Crippen LogP contribution is -2.38. The van der Waals surface area contributed by atoms with Crippen LogP contribution in [-0.2, 0) is 17.6 Å². The first-order chi connectivity index (χ1) is 14.2. The van der Waals surface area contributed by atoms with Gasteiger partial charge in [0.25, 0.3) is 0 Å². The van der Waals surface area contributed by atoms with E-state index in [1.165, 1.54) is 48.9 Å². The molecule has 2 aromatic carbocycles. The van der Waals surface area contributed by atoms with Crippen LogP contribution in [0.15, 0.2) is 48.5 Å². The monoisotopic (exact) mass is 394 g/mol. The molecule has 2 fully saturated rings. The van der Waals surface area contributed by atoms with Gasteiger partial charge in [-0.3, -0.25) is 4.79 Å². The Morgan fingerprint density at radius 2 is 1.79 bits per heavy atom. The topological polar surface area (TPSA) is 32.3 Å². The zero-order valence-corrected chi connectivity index (χ0v) is 17.1. The molecule has 0 aromatic heterocycles. The Morgan fingerprint density at radius 3 is 2.59 bits per heavy atom. The number of carbonyl (C=O) groups is 1. The van der Waals surface area contributed by atoms with Gasteiger partial charge in [-0.15, -0.1) is 0 Å². The van der Waals surface area contributed by atoms with Gasteiger partial charge in [0.15, 0.2) is 0 Å². The maximum atomic E-state index is 13.0. The number of halogens is 1. The molecule has 3 nitrogen and oxygen atoms in total. The van der Waals surface area contributed by atoms with Gasteiger partial charge < -0.3 is 10.2 Å². The second-order valence-electron chi connectivity index (χ2n) is 8.59. The Balaban J connectivity index is 1.25. The third-order valence-electron chi connectivity index (χ3n) is 6.47. The molecule has 2 aliphatic rings. The molecule has 1 N–H and O–H groups in total. The third-order valence-corrected chi connectivity index (χ3v) is 6.47. The van der Waals surface area contributed by atoms with Gasteiger partial charge in [0, 0.05) is 25.7 Å². The maximum Gasteiger partial charge on any atom is 0.224 e. The highest BCUT2D eigenvalue weighted by Crippen LogP contribution is 2.35. The Labute approximate surface area is 173 Å². The summed E-state index contributed by atoms with van der Waals surface area (Å²) in [4.78, 5) is 15.1. The van der Waals surface area contributed by atoms with E-state index in [1.54, 1.807) is 0 Å². The summed E-state index contributed by atoms with van der Waals surface area (Å²) >= 11 is 0. The van der Waals surface area contributed by atoms with Gasteiger partial charge in [-0.2, -0.15) is 0 Å². The SMILES string of the molecule is O=C(Cc1ccccc1C1CCCC1)N[C@H]1CCN(CCc2ccc(F)cc2)C1. The fourth-order valence-electron chi connectivity index (χ4n) is 4.87. The van der Waals surface area contributed by atoms with E-state index in [1.807, 2.05) is 18.2 Å². The van der Waals surface area contributed by atoms with Gasteiger partial charge in [0.2, 0.25) is 5.91 Å². The van der Waals surface area contributed by atoms with Crippen molar-refractivity contribution in [2.75, 3.05) is 19.6 Å². The zero-order chi connectivity index (χ0) is 20.1. The van der Waals surface area contributed by atoms with Crippen LogP contribution in [0.25, 0.3) is 0 Å². The number of hydrogen-bond acceptors (Lipinski definition) is 2. The van der Waals surface area contributed by atoms with Crippen molar-refractivity contribution in [1.29, 1.82) is 0 Å². The van der Waals surface area contributed by atoms with Crippen LogP contribution in [0.4, 0.5) is 4.39 Å². The Hall–Kier alpha value is -2.20. The van der Waals surface area contributed by atoms with E-state index in [2.05, 4.69) is 28.4 Å². The molecule has 1 aliphatic carbocycles. The van der Waals surface area contributed by atoms with E-state index >= 15 is 0 Å². The number of benzene rings is 2. The zero-order valence-electron chi connectivity index (χ0n) is 17.1. The van der Waals surface area contributed by atoms with E-state index < -0.39 is 0 Å². The normalized spacial score (nSPS) is 20.2. The minimum atomic E-state index is -0.188. The van der Waals surface area contributed by atoms with Crippen molar-refractivity contribution in [1.82, 2.24) is 10.2 Å². The van der Waals surface area contributed by atoms with Gasteiger partial charge in [-0.1, -0.05) is 49.2 Å². The van der Waals surface area contributed by atoms with E-state index in [4.69, 9.17) is 0 Å². The second-order valence-corrected chi connectivity index (χ2v) is 8.59. The summed E-state index contributed by atoms with van der Waals surface area (Å²) in [5.41, 5.74) is 3.73. The van der Waals surface area contributed by atoms with E-state index in [9.17, 15) is 9.18 Å². The Bertz CT molecular complexity index is 814. The minimum Gasteiger partial charge on any atom is -0.352 e. The molecular formula is C25H31FN2O. The predicted molar refractivity (Wildman–Crippen MR) is 114 cm³/mol. The van der Waals surface area contributed by atoms with Gasteiger partial charge in [-0.25, -0.2) is 4.39 Å². The number of hydrogen-bond donors (Lipinski definition) is 1. The van der Waals surface area contributed by atoms with E-state index in [0.29, 0.717) is 12.3 Å². The predicted octanol–water partition coefficient (Wildman–Crippen LogP) is 4.46. The number of carbonyl (C=O) groups excluding carboxylic acids is 1. The molecule has 1 atom stereocenters. The van der Waals surface area contributed by atoms with Crippen molar-refractivity contribution in [2.24, 2.45) is 0 Å². The number of amides is 1. The third kappa shape index (κ3) is 5.45. The molecular weight excluding hydrogens is 363 g/mol. The summed E-state index contributed by atoms with van der Waals surface area (Å²) in [5.74, 6) is 0.584. The van der Waals surface area contributed by atoms with Crippen LogP contribution in [0.2, 0.25) is 0 Å². The number of nitrogens with zero attached hydrogens (tertiary/aromatic N) is 1. The average Bonchev–Trinajstić information content (AvgIpc) is 3.40. The molecule has 0 bridgehead atoms. The summed E-state index contributed by atoms with van der Waals surface area (Å²) in [6, 6.07) is 15.5. The van der Waals surface area contributed by atoms with Crippen molar-refractivity contribution < 1.29 is 9.18 Å². The summed E-state index contributed by atoms with van der Waals surface area (Å²) in [6.07, 6.45) is 7.52. The first-order valence-electron chi connectivity index (χ1n) is 11.0. The summed E-state index contributed by atoms with van der Waals surface area (Å²) < 4.78 is 13.0. The highest BCUT2D eigenvalue weighted by Gasteiger charge is 2.25. The van der Waals surface area contributed by atoms with Crippen LogP contribution in [0, 0.1) is 5.82 Å². The van der Waals surface area contributed by atoms with E-state index in [0.717, 1.165) is 38.0 Å². The van der Waals surface area contributed by atoms with Crippen molar-refractivity contribution in [2.45, 2.75) is 56.9 Å². The van der Waals surface area contributed by atoms with Gasteiger partial charge in [-0.05, 0) is 60.4 Å². The molecule has 4 heteroatoms. The summed E-state index contributed by atoms with van der Waals surface area (Å²) in [5, 5.41) is 3.25. The molecule has 154 valence electrons. The smallest absolute Gasteiger partial charge is 0.224 e. The fourth-order valence-corrected chi connectivity index (χ4v) is 4.87. The molecule has 4 rings (SSSR count). The quantitative estimate of drug-likeness (QED) is 0.752. The van der Waals surface area contributed by atoms with Crippen LogP contribution in [0.1, 0.15) is 54.7 Å². The standard InChI is InChI=1S/C25H31FN2O/c26-22-11-9-19(10-12-22)13-15-28-16-14-23(18-28)27-25(29)17-21-7-3-4-8-24(21)20-5-1-2-6-20/h3-4,7-12,20,23H,1-2,5-6,13-18H2,(H,27,29)/t23-/m0/s1. The van der Waals surface area contributed by atoms with Crippen LogP contribution in [0.3, 0.4) is 0 Å². The number of nitrogens with one attached hydrogen (secondary N) is 1. The lowest BCUT2D eigenvalue weighted by atomic mass is 9.91.